The summed E-state index contributed by atoms with van der Waals surface area (Å²) >= 11 is 0. The Morgan fingerprint density at radius 1 is 1.50 bits per heavy atom. The van der Waals surface area contributed by atoms with Crippen molar-refractivity contribution in [3.63, 3.8) is 0 Å². The van der Waals surface area contributed by atoms with Crippen molar-refractivity contribution in [3.05, 3.63) is 47.3 Å². The van der Waals surface area contributed by atoms with Crippen LogP contribution in [0.25, 0.3) is 0 Å². The van der Waals surface area contributed by atoms with E-state index in [1.807, 2.05) is 29.2 Å². The molecule has 0 atom stereocenters. The molecule has 0 spiro atoms. The number of aromatic nitrogens is 1. The third-order valence-electron chi connectivity index (χ3n) is 3.54. The molecule has 104 valence electrons. The van der Waals surface area contributed by atoms with Gasteiger partial charge in [0.15, 0.2) is 0 Å². The zero-order chi connectivity index (χ0) is 13.9. The lowest BCUT2D eigenvalue weighted by atomic mass is 10.1. The van der Waals surface area contributed by atoms with Crippen molar-refractivity contribution in [1.82, 2.24) is 10.1 Å². The van der Waals surface area contributed by atoms with Crippen LogP contribution in [0.1, 0.15) is 16.9 Å². The lowest BCUT2D eigenvalue weighted by Crippen LogP contribution is -2.36. The topological polar surface area (TPSA) is 55.6 Å². The maximum Gasteiger partial charge on any atom is 0.227 e. The molecule has 1 aromatic carbocycles. The minimum absolute atomic E-state index is 0.116. The predicted octanol–water partition coefficient (Wildman–Crippen LogP) is 1.81. The summed E-state index contributed by atoms with van der Waals surface area (Å²) in [6.07, 6.45) is 2.82. The number of carbonyl (C=O) groups is 1. The van der Waals surface area contributed by atoms with Gasteiger partial charge < -0.3 is 14.2 Å². The van der Waals surface area contributed by atoms with Crippen molar-refractivity contribution in [1.29, 1.82) is 0 Å². The van der Waals surface area contributed by atoms with E-state index in [0.29, 0.717) is 19.5 Å². The van der Waals surface area contributed by atoms with E-state index in [-0.39, 0.29) is 5.91 Å². The van der Waals surface area contributed by atoms with Gasteiger partial charge in [-0.1, -0.05) is 17.3 Å². The second-order valence-electron chi connectivity index (χ2n) is 4.87. The van der Waals surface area contributed by atoms with Crippen molar-refractivity contribution >= 4 is 5.91 Å². The highest BCUT2D eigenvalue weighted by Gasteiger charge is 2.23. The van der Waals surface area contributed by atoms with Gasteiger partial charge in [0.25, 0.3) is 0 Å². The van der Waals surface area contributed by atoms with E-state index in [2.05, 4.69) is 5.16 Å². The zero-order valence-corrected chi connectivity index (χ0v) is 11.3. The van der Waals surface area contributed by atoms with E-state index in [0.717, 1.165) is 29.1 Å². The molecule has 0 bridgehead atoms. The van der Waals surface area contributed by atoms with Crippen molar-refractivity contribution in [2.24, 2.45) is 0 Å². The molecule has 3 rings (SSSR count). The van der Waals surface area contributed by atoms with Gasteiger partial charge in [0, 0.05) is 18.5 Å². The highest BCUT2D eigenvalue weighted by molar-refractivity contribution is 5.79. The smallest absolute Gasteiger partial charge is 0.227 e. The Morgan fingerprint density at radius 2 is 2.40 bits per heavy atom. The number of fused-ring (bicyclic) bond motifs is 1. The van der Waals surface area contributed by atoms with Gasteiger partial charge in [-0.25, -0.2) is 0 Å². The summed E-state index contributed by atoms with van der Waals surface area (Å²) in [6, 6.07) is 7.61. The summed E-state index contributed by atoms with van der Waals surface area (Å²) < 4.78 is 10.3. The number of benzene rings is 1. The molecule has 0 radical (unpaired) electrons. The number of rotatable bonds is 3. The van der Waals surface area contributed by atoms with Crippen LogP contribution in [0.5, 0.6) is 5.75 Å². The average Bonchev–Trinajstić information content (AvgIpc) is 2.94. The highest BCUT2D eigenvalue weighted by Crippen LogP contribution is 2.20. The molecule has 1 aliphatic heterocycles. The Bertz CT molecular complexity index is 621. The van der Waals surface area contributed by atoms with E-state index >= 15 is 0 Å². The Kier molecular flexibility index (Phi) is 3.41. The molecule has 2 aromatic rings. The second-order valence-corrected chi connectivity index (χ2v) is 4.87. The fourth-order valence-corrected chi connectivity index (χ4v) is 2.42. The van der Waals surface area contributed by atoms with Gasteiger partial charge in [0.2, 0.25) is 5.91 Å². The van der Waals surface area contributed by atoms with Crippen LogP contribution in [0.15, 0.2) is 35.0 Å². The number of amides is 1. The summed E-state index contributed by atoms with van der Waals surface area (Å²) in [7, 11) is 1.62. The Morgan fingerprint density at radius 3 is 3.25 bits per heavy atom. The molecule has 5 heteroatoms. The molecule has 0 fully saturated rings. The molecule has 0 N–H and O–H groups in total. The van der Waals surface area contributed by atoms with Crippen LogP contribution in [0.3, 0.4) is 0 Å². The molecule has 1 aromatic heterocycles. The summed E-state index contributed by atoms with van der Waals surface area (Å²) in [5.74, 6) is 1.79. The maximum absolute atomic E-state index is 12.3. The summed E-state index contributed by atoms with van der Waals surface area (Å²) in [5.41, 5.74) is 1.97. The Balaban J connectivity index is 1.68. The number of methoxy groups -OCH3 is 1. The molecule has 0 unspecified atom stereocenters. The predicted molar refractivity (Wildman–Crippen MR) is 72.3 cm³/mol. The zero-order valence-electron chi connectivity index (χ0n) is 11.3. The number of hydrogen-bond acceptors (Lipinski definition) is 4. The molecule has 20 heavy (non-hydrogen) atoms. The van der Waals surface area contributed by atoms with Crippen LogP contribution >= 0.6 is 0 Å². The lowest BCUT2D eigenvalue weighted by molar-refractivity contribution is -0.131. The first-order valence-corrected chi connectivity index (χ1v) is 6.59. The SMILES string of the molecule is COc1cccc(CC(=O)N2CCc3oncc3C2)c1. The standard InChI is InChI=1S/C15H16N2O3/c1-19-13-4-2-3-11(7-13)8-15(18)17-6-5-14-12(10-17)9-16-20-14/h2-4,7,9H,5-6,8,10H2,1H3. The first kappa shape index (κ1) is 12.7. The number of hydrogen-bond donors (Lipinski definition) is 0. The highest BCUT2D eigenvalue weighted by atomic mass is 16.5. The molecule has 2 heterocycles. The van der Waals surface area contributed by atoms with Crippen LogP contribution in [0.4, 0.5) is 0 Å². The lowest BCUT2D eigenvalue weighted by Gasteiger charge is -2.25. The van der Waals surface area contributed by atoms with Crippen molar-refractivity contribution in [3.8, 4) is 5.75 Å². The average molecular weight is 272 g/mol. The minimum Gasteiger partial charge on any atom is -0.497 e. The first-order valence-electron chi connectivity index (χ1n) is 6.59. The van der Waals surface area contributed by atoms with Gasteiger partial charge in [-0.15, -0.1) is 0 Å². The molecule has 0 saturated heterocycles. The van der Waals surface area contributed by atoms with Gasteiger partial charge in [-0.3, -0.25) is 4.79 Å². The molecule has 1 amide bonds. The van der Waals surface area contributed by atoms with Crippen LogP contribution in [0.2, 0.25) is 0 Å². The van der Waals surface area contributed by atoms with E-state index in [4.69, 9.17) is 9.26 Å². The first-order chi connectivity index (χ1) is 9.76. The quantitative estimate of drug-likeness (QED) is 0.855. The number of ether oxygens (including phenoxy) is 1. The molecular weight excluding hydrogens is 256 g/mol. The van der Waals surface area contributed by atoms with Crippen LogP contribution in [-0.2, 0) is 24.2 Å². The molecular formula is C15H16N2O3. The summed E-state index contributed by atoms with van der Waals surface area (Å²) in [5, 5.41) is 3.77. The fraction of sp³-hybridized carbons (Fsp3) is 0.333. The third kappa shape index (κ3) is 2.52. The summed E-state index contributed by atoms with van der Waals surface area (Å²) in [6.45, 7) is 1.27. The van der Waals surface area contributed by atoms with Gasteiger partial charge >= 0.3 is 0 Å². The molecule has 0 saturated carbocycles. The second kappa shape index (κ2) is 5.36. The monoisotopic (exact) mass is 272 g/mol. The molecule has 5 nitrogen and oxygen atoms in total. The largest absolute Gasteiger partial charge is 0.497 e. The van der Waals surface area contributed by atoms with Crippen LogP contribution in [0, 0.1) is 0 Å². The number of carbonyl (C=O) groups excluding carboxylic acids is 1. The Hall–Kier alpha value is -2.30. The molecule has 0 aliphatic carbocycles. The number of nitrogens with zero attached hydrogens (tertiary/aromatic N) is 2. The fourth-order valence-electron chi connectivity index (χ4n) is 2.42. The van der Waals surface area contributed by atoms with E-state index in [1.54, 1.807) is 13.3 Å². The minimum atomic E-state index is 0.116. The van der Waals surface area contributed by atoms with E-state index in [1.165, 1.54) is 0 Å². The van der Waals surface area contributed by atoms with E-state index < -0.39 is 0 Å². The van der Waals surface area contributed by atoms with Crippen molar-refractivity contribution < 1.29 is 14.1 Å². The maximum atomic E-state index is 12.3. The van der Waals surface area contributed by atoms with Crippen LogP contribution < -0.4 is 4.74 Å². The molecule has 1 aliphatic rings. The Labute approximate surface area is 117 Å². The van der Waals surface area contributed by atoms with Gasteiger partial charge in [0.05, 0.1) is 26.3 Å². The summed E-state index contributed by atoms with van der Waals surface area (Å²) in [4.78, 5) is 14.2. The van der Waals surface area contributed by atoms with Crippen LogP contribution in [-0.4, -0.2) is 29.6 Å². The van der Waals surface area contributed by atoms with Crippen molar-refractivity contribution in [2.75, 3.05) is 13.7 Å². The third-order valence-corrected chi connectivity index (χ3v) is 3.54. The van der Waals surface area contributed by atoms with Gasteiger partial charge in [-0.05, 0) is 17.7 Å². The van der Waals surface area contributed by atoms with Crippen molar-refractivity contribution in [2.45, 2.75) is 19.4 Å². The normalized spacial score (nSPS) is 13.9. The van der Waals surface area contributed by atoms with E-state index in [9.17, 15) is 4.79 Å². The van der Waals surface area contributed by atoms with Gasteiger partial charge in [0.1, 0.15) is 11.5 Å². The van der Waals surface area contributed by atoms with Gasteiger partial charge in [-0.2, -0.15) is 0 Å².